The molecule has 2 amide bonds. The molecule has 1 saturated heterocycles. The van der Waals surface area contributed by atoms with Gasteiger partial charge in [-0.05, 0) is 80.5 Å². The number of carboxylic acid groups (broad SMARTS) is 1. The molecule has 0 spiro atoms. The SMILES string of the molecule is Cc1cnc(C(=O)Nc2ccc(F)c([C@@]3(C)N=C(NC(=O)O)C(C)(C)[SH]4(=O)NCC[C@@H]34)c2)c(C)c1. The summed E-state index contributed by atoms with van der Waals surface area (Å²) in [5.74, 6) is -1.03. The molecule has 1 aromatic heterocycles. The van der Waals surface area contributed by atoms with Crippen molar-refractivity contribution in [2.75, 3.05) is 11.9 Å². The smallest absolute Gasteiger partial charge is 0.410 e. The number of hydrogen-bond acceptors (Lipinski definition) is 5. The molecule has 9 nitrogen and oxygen atoms in total. The van der Waals surface area contributed by atoms with E-state index in [2.05, 4.69) is 25.3 Å². The van der Waals surface area contributed by atoms with Gasteiger partial charge in [0.05, 0.1) is 10.00 Å². The van der Waals surface area contributed by atoms with Crippen molar-refractivity contribution in [3.63, 3.8) is 0 Å². The van der Waals surface area contributed by atoms with Crippen LogP contribution in [0.15, 0.2) is 35.5 Å². The van der Waals surface area contributed by atoms with Crippen molar-refractivity contribution in [2.24, 2.45) is 4.99 Å². The largest absolute Gasteiger partial charge is 0.465 e. The first kappa shape index (κ1) is 24.9. The molecule has 0 bridgehead atoms. The molecule has 3 heterocycles. The number of fused-ring (bicyclic) bond motifs is 1. The Hall–Kier alpha value is -3.18. The van der Waals surface area contributed by atoms with Crippen LogP contribution < -0.4 is 15.4 Å². The molecule has 2 aromatic rings. The summed E-state index contributed by atoms with van der Waals surface area (Å²) in [5, 5.41) is 13.9. The van der Waals surface area contributed by atoms with Crippen LogP contribution in [0, 0.1) is 19.7 Å². The van der Waals surface area contributed by atoms with Gasteiger partial charge < -0.3 is 10.4 Å². The number of aryl methyl sites for hydroxylation is 2. The normalized spacial score (nSPS) is 25.2. The van der Waals surface area contributed by atoms with Gasteiger partial charge in [-0.3, -0.25) is 29.0 Å². The maximum absolute atomic E-state index is 15.3. The van der Waals surface area contributed by atoms with Crippen molar-refractivity contribution >= 4 is 33.6 Å². The molecule has 35 heavy (non-hydrogen) atoms. The molecule has 2 aliphatic rings. The Morgan fingerprint density at radius 1 is 1.20 bits per heavy atom. The van der Waals surface area contributed by atoms with Crippen LogP contribution in [-0.4, -0.2) is 48.7 Å². The maximum Gasteiger partial charge on any atom is 0.410 e. The zero-order valence-corrected chi connectivity index (χ0v) is 21.2. The van der Waals surface area contributed by atoms with E-state index in [0.29, 0.717) is 24.2 Å². The molecule has 1 aromatic carbocycles. The minimum absolute atomic E-state index is 0.00908. The van der Waals surface area contributed by atoms with Gasteiger partial charge in [-0.15, -0.1) is 0 Å². The summed E-state index contributed by atoms with van der Waals surface area (Å²) in [7, 11) is -3.27. The number of carbonyl (C=O) groups is 2. The molecule has 0 aliphatic carbocycles. The Kier molecular flexibility index (Phi) is 6.05. The standard InChI is InChI=1S/C24H30FN5O4S/c1-13-10-14(2)19(26-12-13)20(31)28-15-6-7-17(25)16(11-15)24(5)18-8-9-27-35(18,34)23(3,4)21(30-24)29-22(32)33/h6-7,10-12,18,35H,8-9H2,1-5H3,(H,27,34)(H,28,31)(H,29,30)(H,32,33)/t18-,24+/m0/s1. The fourth-order valence-electron chi connectivity index (χ4n) is 5.14. The molecule has 0 radical (unpaired) electrons. The average molecular weight is 504 g/mol. The van der Waals surface area contributed by atoms with Gasteiger partial charge in [0, 0.05) is 24.0 Å². The van der Waals surface area contributed by atoms with Crippen molar-refractivity contribution in [1.29, 1.82) is 0 Å². The average Bonchev–Trinajstić information content (AvgIpc) is 3.18. The van der Waals surface area contributed by atoms with E-state index in [9.17, 15) is 18.9 Å². The number of hydrogen-bond donors (Lipinski definition) is 5. The molecule has 2 aliphatic heterocycles. The minimum Gasteiger partial charge on any atom is -0.465 e. The van der Waals surface area contributed by atoms with Crippen molar-refractivity contribution in [2.45, 2.75) is 56.6 Å². The van der Waals surface area contributed by atoms with Crippen LogP contribution in [0.3, 0.4) is 0 Å². The lowest BCUT2D eigenvalue weighted by Crippen LogP contribution is -2.65. The Bertz CT molecular complexity index is 1310. The molecule has 2 atom stereocenters. The van der Waals surface area contributed by atoms with E-state index >= 15 is 4.39 Å². The Balaban J connectivity index is 1.79. The second-order valence-electron chi connectivity index (χ2n) is 9.79. The van der Waals surface area contributed by atoms with Crippen LogP contribution in [0.2, 0.25) is 0 Å². The van der Waals surface area contributed by atoms with Crippen LogP contribution in [0.5, 0.6) is 0 Å². The molecule has 188 valence electrons. The third kappa shape index (κ3) is 4.02. The highest BCUT2D eigenvalue weighted by molar-refractivity contribution is 8.04. The third-order valence-electron chi connectivity index (χ3n) is 7.03. The first-order valence-electron chi connectivity index (χ1n) is 11.3. The number of amides is 2. The maximum atomic E-state index is 15.3. The number of carbonyl (C=O) groups excluding carboxylic acids is 1. The number of pyridine rings is 1. The lowest BCUT2D eigenvalue weighted by atomic mass is 9.85. The zero-order valence-electron chi connectivity index (χ0n) is 20.3. The van der Waals surface area contributed by atoms with Crippen molar-refractivity contribution in [3.8, 4) is 0 Å². The van der Waals surface area contributed by atoms with Gasteiger partial charge in [0.1, 0.15) is 22.9 Å². The molecule has 0 unspecified atom stereocenters. The third-order valence-corrected chi connectivity index (χ3v) is 11.2. The van der Waals surface area contributed by atoms with E-state index in [-0.39, 0.29) is 17.1 Å². The summed E-state index contributed by atoms with van der Waals surface area (Å²) < 4.78 is 31.5. The van der Waals surface area contributed by atoms with E-state index < -0.39 is 43.5 Å². The van der Waals surface area contributed by atoms with E-state index in [1.165, 1.54) is 18.2 Å². The number of rotatable bonds is 3. The van der Waals surface area contributed by atoms with Crippen LogP contribution in [-0.2, 0) is 15.7 Å². The van der Waals surface area contributed by atoms with Crippen LogP contribution in [0.25, 0.3) is 0 Å². The van der Waals surface area contributed by atoms with Crippen LogP contribution in [0.4, 0.5) is 14.9 Å². The summed E-state index contributed by atoms with van der Waals surface area (Å²) in [6.07, 6.45) is 0.730. The van der Waals surface area contributed by atoms with Crippen molar-refractivity contribution in [1.82, 2.24) is 15.0 Å². The number of halogens is 1. The van der Waals surface area contributed by atoms with Crippen LogP contribution in [0.1, 0.15) is 54.4 Å². The number of anilines is 1. The van der Waals surface area contributed by atoms with E-state index in [4.69, 9.17) is 0 Å². The lowest BCUT2D eigenvalue weighted by molar-refractivity contribution is 0.102. The fourth-order valence-corrected chi connectivity index (χ4v) is 8.81. The predicted octanol–water partition coefficient (Wildman–Crippen LogP) is 3.06. The molecule has 0 saturated carbocycles. The Labute approximate surface area is 204 Å². The van der Waals surface area contributed by atoms with E-state index in [1.54, 1.807) is 33.9 Å². The number of aromatic nitrogens is 1. The summed E-state index contributed by atoms with van der Waals surface area (Å²) >= 11 is 0. The number of nitrogens with zero attached hydrogens (tertiary/aromatic N) is 2. The summed E-state index contributed by atoms with van der Waals surface area (Å²) in [4.78, 5) is 33.2. The number of amidine groups is 1. The quantitative estimate of drug-likeness (QED) is 0.411. The first-order chi connectivity index (χ1) is 16.3. The number of thiol groups is 1. The number of benzene rings is 1. The zero-order chi connectivity index (χ0) is 25.8. The van der Waals surface area contributed by atoms with Gasteiger partial charge in [0.25, 0.3) is 5.91 Å². The van der Waals surface area contributed by atoms with Gasteiger partial charge >= 0.3 is 6.09 Å². The van der Waals surface area contributed by atoms with Crippen molar-refractivity contribution in [3.05, 3.63) is 58.7 Å². The molecular formula is C24H30FN5O4S. The van der Waals surface area contributed by atoms with Crippen LogP contribution >= 0.6 is 0 Å². The first-order valence-corrected chi connectivity index (χ1v) is 13.1. The highest BCUT2D eigenvalue weighted by atomic mass is 32.3. The highest BCUT2D eigenvalue weighted by Gasteiger charge is 2.59. The van der Waals surface area contributed by atoms with E-state index in [0.717, 1.165) is 5.56 Å². The van der Waals surface area contributed by atoms with E-state index in [1.807, 2.05) is 13.0 Å². The van der Waals surface area contributed by atoms with Gasteiger partial charge in [-0.2, -0.15) is 0 Å². The monoisotopic (exact) mass is 503 g/mol. The molecular weight excluding hydrogens is 473 g/mol. The second-order valence-corrected chi connectivity index (χ2v) is 13.2. The number of nitrogens with one attached hydrogen (secondary N) is 3. The second kappa shape index (κ2) is 8.49. The molecule has 1 fully saturated rings. The Morgan fingerprint density at radius 3 is 2.57 bits per heavy atom. The van der Waals surface area contributed by atoms with Gasteiger partial charge in [-0.1, -0.05) is 6.07 Å². The molecule has 4 rings (SSSR count). The fraction of sp³-hybridized carbons (Fsp3) is 0.417. The topological polar surface area (TPSA) is 133 Å². The summed E-state index contributed by atoms with van der Waals surface area (Å²) in [5.41, 5.74) is 0.992. The van der Waals surface area contributed by atoms with Gasteiger partial charge in [-0.25, -0.2) is 9.18 Å². The lowest BCUT2D eigenvalue weighted by Gasteiger charge is -2.51. The minimum atomic E-state index is -3.27. The number of aliphatic imine (C=N–C) groups is 1. The summed E-state index contributed by atoms with van der Waals surface area (Å²) in [6.45, 7) is 9.12. The summed E-state index contributed by atoms with van der Waals surface area (Å²) in [6, 6.07) is 5.97. The van der Waals surface area contributed by atoms with Crippen molar-refractivity contribution < 1.29 is 23.3 Å². The van der Waals surface area contributed by atoms with Gasteiger partial charge in [0.2, 0.25) is 0 Å². The molecule has 11 heteroatoms. The highest BCUT2D eigenvalue weighted by Crippen LogP contribution is 2.49. The van der Waals surface area contributed by atoms with Gasteiger partial charge in [0.15, 0.2) is 0 Å². The predicted molar refractivity (Wildman–Crippen MR) is 134 cm³/mol. The Morgan fingerprint density at radius 2 is 1.91 bits per heavy atom. The molecule has 4 N–H and O–H groups in total.